The Morgan fingerprint density at radius 2 is 1.44 bits per heavy atom. The average Bonchev–Trinajstić information content (AvgIpc) is 2.80. The molecule has 0 aliphatic carbocycles. The fraction of sp³-hybridized carbons (Fsp3) is 0.300. The van der Waals surface area contributed by atoms with Gasteiger partial charge in [0.25, 0.3) is 11.8 Å². The Balaban J connectivity index is 1.67. The largest absolute Gasteiger partial charge is 0.353 e. The summed E-state index contributed by atoms with van der Waals surface area (Å²) in [5.41, 5.74) is 1.99. The Labute approximate surface area is 147 Å². The lowest BCUT2D eigenvalue weighted by Gasteiger charge is -2.43. The van der Waals surface area contributed by atoms with Crippen molar-refractivity contribution in [1.82, 2.24) is 10.0 Å². The van der Waals surface area contributed by atoms with Crippen molar-refractivity contribution in [2.75, 3.05) is 24.5 Å². The average molecular weight is 335 g/mol. The predicted octanol–water partition coefficient (Wildman–Crippen LogP) is 2.61. The molecule has 2 heterocycles. The monoisotopic (exact) mass is 335 g/mol. The van der Waals surface area contributed by atoms with Crippen molar-refractivity contribution in [1.29, 1.82) is 0 Å². The van der Waals surface area contributed by atoms with Gasteiger partial charge in [-0.1, -0.05) is 48.5 Å². The van der Waals surface area contributed by atoms with Crippen molar-refractivity contribution in [2.24, 2.45) is 0 Å². The summed E-state index contributed by atoms with van der Waals surface area (Å²) in [5, 5.41) is 3.36. The van der Waals surface area contributed by atoms with Crippen LogP contribution < -0.4 is 4.90 Å². The molecule has 0 aromatic heterocycles. The molecule has 2 aliphatic heterocycles. The molecule has 5 heteroatoms. The second-order valence-corrected chi connectivity index (χ2v) is 6.52. The van der Waals surface area contributed by atoms with E-state index in [0.717, 1.165) is 24.1 Å². The number of hydrogen-bond donors (Lipinski definition) is 0. The summed E-state index contributed by atoms with van der Waals surface area (Å²) in [5.74, 6) is -0.0430. The van der Waals surface area contributed by atoms with E-state index in [0.29, 0.717) is 6.54 Å². The molecule has 2 aromatic carbocycles. The summed E-state index contributed by atoms with van der Waals surface area (Å²) in [6.45, 7) is 1.06. The molecule has 128 valence electrons. The summed E-state index contributed by atoms with van der Waals surface area (Å²) in [6, 6.07) is 19.6. The summed E-state index contributed by atoms with van der Waals surface area (Å²) in [4.78, 5) is 27.8. The van der Waals surface area contributed by atoms with Crippen LogP contribution in [0.25, 0.3) is 0 Å². The van der Waals surface area contributed by atoms with Crippen LogP contribution in [0.2, 0.25) is 0 Å². The van der Waals surface area contributed by atoms with Crippen LogP contribution in [-0.4, -0.2) is 41.5 Å². The fourth-order valence-electron chi connectivity index (χ4n) is 3.73. The molecule has 0 unspecified atom stereocenters. The zero-order valence-electron chi connectivity index (χ0n) is 14.0. The molecule has 4 rings (SSSR count). The van der Waals surface area contributed by atoms with Gasteiger partial charge in [-0.2, -0.15) is 0 Å². The second kappa shape index (κ2) is 6.59. The number of benzene rings is 2. The van der Waals surface area contributed by atoms with Crippen molar-refractivity contribution >= 4 is 17.5 Å². The number of nitrogens with zero attached hydrogens (tertiary/aromatic N) is 3. The van der Waals surface area contributed by atoms with Gasteiger partial charge in [0.2, 0.25) is 0 Å². The number of fused-ring (bicyclic) bond motifs is 1. The SMILES string of the molecule is O=C1CN(c2ccccc2)CC(=O)N2[C@H](c3ccccc3)CCCN12. The Morgan fingerprint density at radius 1 is 0.800 bits per heavy atom. The molecule has 0 N–H and O–H groups in total. The van der Waals surface area contributed by atoms with Gasteiger partial charge in [-0.25, -0.2) is 10.0 Å². The summed E-state index contributed by atoms with van der Waals surface area (Å²) in [6.07, 6.45) is 1.78. The molecule has 2 aliphatic rings. The van der Waals surface area contributed by atoms with E-state index in [1.165, 1.54) is 0 Å². The maximum Gasteiger partial charge on any atom is 0.261 e. The van der Waals surface area contributed by atoms with Gasteiger partial charge in [-0.05, 0) is 30.5 Å². The first kappa shape index (κ1) is 15.7. The number of hydrazine groups is 1. The molecule has 0 bridgehead atoms. The first-order valence-corrected chi connectivity index (χ1v) is 8.71. The number of hydrogen-bond acceptors (Lipinski definition) is 3. The third kappa shape index (κ3) is 2.97. The molecule has 2 amide bonds. The van der Waals surface area contributed by atoms with E-state index < -0.39 is 0 Å². The lowest BCUT2D eigenvalue weighted by Crippen LogP contribution is -2.54. The quantitative estimate of drug-likeness (QED) is 0.847. The van der Waals surface area contributed by atoms with Crippen molar-refractivity contribution in [3.8, 4) is 0 Å². The Hall–Kier alpha value is -2.82. The van der Waals surface area contributed by atoms with Gasteiger partial charge in [0.15, 0.2) is 0 Å². The van der Waals surface area contributed by atoms with Gasteiger partial charge >= 0.3 is 0 Å². The fourth-order valence-corrected chi connectivity index (χ4v) is 3.73. The molecule has 2 aromatic rings. The zero-order chi connectivity index (χ0) is 17.2. The van der Waals surface area contributed by atoms with E-state index in [9.17, 15) is 9.59 Å². The smallest absolute Gasteiger partial charge is 0.261 e. The van der Waals surface area contributed by atoms with E-state index in [1.807, 2.05) is 65.6 Å². The highest BCUT2D eigenvalue weighted by molar-refractivity contribution is 5.91. The summed E-state index contributed by atoms with van der Waals surface area (Å²) >= 11 is 0. The number of rotatable bonds is 2. The molecule has 1 atom stereocenters. The molecule has 2 saturated heterocycles. The highest BCUT2D eigenvalue weighted by Gasteiger charge is 2.40. The minimum Gasteiger partial charge on any atom is -0.353 e. The maximum absolute atomic E-state index is 13.1. The molecule has 5 nitrogen and oxygen atoms in total. The lowest BCUT2D eigenvalue weighted by atomic mass is 9.99. The van der Waals surface area contributed by atoms with E-state index in [-0.39, 0.29) is 30.9 Å². The lowest BCUT2D eigenvalue weighted by molar-refractivity contribution is -0.171. The topological polar surface area (TPSA) is 43.9 Å². The van der Waals surface area contributed by atoms with Gasteiger partial charge in [-0.3, -0.25) is 9.59 Å². The van der Waals surface area contributed by atoms with E-state index in [2.05, 4.69) is 0 Å². The highest BCUT2D eigenvalue weighted by atomic mass is 16.2. The van der Waals surface area contributed by atoms with Crippen LogP contribution in [0.15, 0.2) is 60.7 Å². The van der Waals surface area contributed by atoms with E-state index >= 15 is 0 Å². The zero-order valence-corrected chi connectivity index (χ0v) is 14.0. The Bertz CT molecular complexity index is 763. The minimum absolute atomic E-state index is 0.0182. The van der Waals surface area contributed by atoms with Crippen LogP contribution in [0.4, 0.5) is 5.69 Å². The van der Waals surface area contributed by atoms with Gasteiger partial charge in [-0.15, -0.1) is 0 Å². The van der Waals surface area contributed by atoms with Crippen molar-refractivity contribution < 1.29 is 9.59 Å². The number of para-hydroxylation sites is 1. The number of amides is 2. The molecule has 0 spiro atoms. The van der Waals surface area contributed by atoms with Crippen LogP contribution in [0.5, 0.6) is 0 Å². The predicted molar refractivity (Wildman–Crippen MR) is 95.6 cm³/mol. The third-order valence-electron chi connectivity index (χ3n) is 4.90. The van der Waals surface area contributed by atoms with Crippen LogP contribution in [-0.2, 0) is 9.59 Å². The van der Waals surface area contributed by atoms with Crippen molar-refractivity contribution in [3.63, 3.8) is 0 Å². The molecular formula is C20H21N3O2. The second-order valence-electron chi connectivity index (χ2n) is 6.52. The number of carbonyl (C=O) groups excluding carboxylic acids is 2. The molecule has 0 radical (unpaired) electrons. The molecule has 0 saturated carbocycles. The summed E-state index contributed by atoms with van der Waals surface area (Å²) in [7, 11) is 0. The van der Waals surface area contributed by atoms with Gasteiger partial charge in [0.1, 0.15) is 0 Å². The minimum atomic E-state index is -0.0675. The van der Waals surface area contributed by atoms with Gasteiger partial charge in [0.05, 0.1) is 19.1 Å². The Kier molecular flexibility index (Phi) is 4.14. The number of anilines is 1. The van der Waals surface area contributed by atoms with E-state index in [4.69, 9.17) is 0 Å². The van der Waals surface area contributed by atoms with E-state index in [1.54, 1.807) is 10.0 Å². The third-order valence-corrected chi connectivity index (χ3v) is 4.90. The van der Waals surface area contributed by atoms with Crippen LogP contribution in [0.3, 0.4) is 0 Å². The summed E-state index contributed by atoms with van der Waals surface area (Å²) < 4.78 is 0. The maximum atomic E-state index is 13.1. The first-order chi connectivity index (χ1) is 12.2. The van der Waals surface area contributed by atoms with Crippen LogP contribution in [0, 0.1) is 0 Å². The molecule has 25 heavy (non-hydrogen) atoms. The van der Waals surface area contributed by atoms with Crippen LogP contribution in [0.1, 0.15) is 24.4 Å². The van der Waals surface area contributed by atoms with Gasteiger partial charge < -0.3 is 4.90 Å². The van der Waals surface area contributed by atoms with Crippen molar-refractivity contribution in [3.05, 3.63) is 66.2 Å². The Morgan fingerprint density at radius 3 is 2.16 bits per heavy atom. The van der Waals surface area contributed by atoms with Crippen molar-refractivity contribution in [2.45, 2.75) is 18.9 Å². The van der Waals surface area contributed by atoms with Gasteiger partial charge in [0, 0.05) is 12.2 Å². The standard InChI is InChI=1S/C20H21N3O2/c24-19-14-21(17-10-5-2-6-11-17)15-20(25)23-18(12-7-13-22(19)23)16-8-3-1-4-9-16/h1-6,8-11,18H,7,12-15H2/t18-/m0/s1. The number of carbonyl (C=O) groups is 2. The highest BCUT2D eigenvalue weighted by Crippen LogP contribution is 2.33. The molecular weight excluding hydrogens is 314 g/mol. The molecule has 2 fully saturated rings. The van der Waals surface area contributed by atoms with Crippen LogP contribution >= 0.6 is 0 Å². The first-order valence-electron chi connectivity index (χ1n) is 8.71. The normalized spacial score (nSPS) is 21.1.